The molecule has 0 spiro atoms. The van der Waals surface area contributed by atoms with E-state index in [1.165, 1.54) is 6.92 Å². The molecule has 1 amide bonds. The molecule has 0 aliphatic heterocycles. The molecule has 2 rings (SSSR count). The Morgan fingerprint density at radius 1 is 1.32 bits per heavy atom. The second kappa shape index (κ2) is 7.37. The number of aromatic nitrogens is 1. The summed E-state index contributed by atoms with van der Waals surface area (Å²) in [7, 11) is -3.65. The fraction of sp³-hybridized carbons (Fsp3) is 0.412. The van der Waals surface area contributed by atoms with Crippen LogP contribution in [0.4, 0.5) is 5.88 Å². The first-order chi connectivity index (χ1) is 11.7. The van der Waals surface area contributed by atoms with E-state index in [4.69, 9.17) is 4.52 Å². The highest BCUT2D eigenvalue weighted by Crippen LogP contribution is 2.33. The zero-order valence-corrected chi connectivity index (χ0v) is 15.8. The standard InChI is InChI=1S/C17H23N3O4S/c1-6-11(3)20-25(22,23)15-9-14(8-7-10(15)2)16-12(4)19-24-17(16)18-13(5)21/h7-9,11,20H,6H2,1-5H3,(H,18,21)/t11-/m1/s1. The minimum Gasteiger partial charge on any atom is -0.337 e. The van der Waals surface area contributed by atoms with Gasteiger partial charge in [0.1, 0.15) is 0 Å². The Labute approximate surface area is 147 Å². The monoisotopic (exact) mass is 365 g/mol. The molecule has 0 fully saturated rings. The average molecular weight is 365 g/mol. The maximum absolute atomic E-state index is 12.7. The highest BCUT2D eigenvalue weighted by molar-refractivity contribution is 7.89. The summed E-state index contributed by atoms with van der Waals surface area (Å²) in [5.41, 5.74) is 2.37. The molecule has 1 aromatic carbocycles. The topological polar surface area (TPSA) is 101 Å². The van der Waals surface area contributed by atoms with Gasteiger partial charge in [-0.2, -0.15) is 0 Å². The lowest BCUT2D eigenvalue weighted by atomic mass is 10.0. The lowest BCUT2D eigenvalue weighted by Crippen LogP contribution is -2.32. The third kappa shape index (κ3) is 4.26. The van der Waals surface area contributed by atoms with Crippen molar-refractivity contribution < 1.29 is 17.7 Å². The van der Waals surface area contributed by atoms with Crippen molar-refractivity contribution in [1.82, 2.24) is 9.88 Å². The largest absolute Gasteiger partial charge is 0.337 e. The number of hydrogen-bond acceptors (Lipinski definition) is 5. The Morgan fingerprint density at radius 3 is 2.60 bits per heavy atom. The van der Waals surface area contributed by atoms with Gasteiger partial charge in [0.2, 0.25) is 21.8 Å². The first-order valence-corrected chi connectivity index (χ1v) is 9.51. The van der Waals surface area contributed by atoms with Gasteiger partial charge in [-0.25, -0.2) is 13.1 Å². The summed E-state index contributed by atoms with van der Waals surface area (Å²) >= 11 is 0. The number of carbonyl (C=O) groups excluding carboxylic acids is 1. The van der Waals surface area contributed by atoms with E-state index in [0.29, 0.717) is 28.8 Å². The molecule has 7 nitrogen and oxygen atoms in total. The average Bonchev–Trinajstić information content (AvgIpc) is 2.87. The zero-order chi connectivity index (χ0) is 18.8. The second-order valence-electron chi connectivity index (χ2n) is 6.06. The summed E-state index contributed by atoms with van der Waals surface area (Å²) in [5.74, 6) is -0.0946. The van der Waals surface area contributed by atoms with E-state index < -0.39 is 10.0 Å². The molecule has 8 heteroatoms. The fourth-order valence-electron chi connectivity index (χ4n) is 2.41. The van der Waals surface area contributed by atoms with Crippen LogP contribution in [0.2, 0.25) is 0 Å². The Morgan fingerprint density at radius 2 is 2.00 bits per heavy atom. The maximum atomic E-state index is 12.7. The predicted octanol–water partition coefficient (Wildman–Crippen LogP) is 2.99. The van der Waals surface area contributed by atoms with Gasteiger partial charge in [0.25, 0.3) is 0 Å². The van der Waals surface area contributed by atoms with Crippen LogP contribution >= 0.6 is 0 Å². The smallest absolute Gasteiger partial charge is 0.241 e. The van der Waals surface area contributed by atoms with Crippen LogP contribution in [0.15, 0.2) is 27.6 Å². The van der Waals surface area contributed by atoms with Crippen LogP contribution in [0.3, 0.4) is 0 Å². The number of rotatable bonds is 6. The number of benzene rings is 1. The molecule has 1 atom stereocenters. The Balaban J connectivity index is 2.54. The van der Waals surface area contributed by atoms with E-state index >= 15 is 0 Å². The molecule has 0 radical (unpaired) electrons. The third-order valence-electron chi connectivity index (χ3n) is 3.89. The normalized spacial score (nSPS) is 12.8. The minimum atomic E-state index is -3.65. The number of amides is 1. The fourth-order valence-corrected chi connectivity index (χ4v) is 4.01. The summed E-state index contributed by atoms with van der Waals surface area (Å²) in [6.07, 6.45) is 0.690. The molecule has 1 aromatic heterocycles. The molecular formula is C17H23N3O4S. The predicted molar refractivity (Wildman–Crippen MR) is 95.8 cm³/mol. The van der Waals surface area contributed by atoms with Crippen LogP contribution in [0.1, 0.15) is 38.4 Å². The molecule has 0 aliphatic rings. The van der Waals surface area contributed by atoms with E-state index in [9.17, 15) is 13.2 Å². The first-order valence-electron chi connectivity index (χ1n) is 8.03. The van der Waals surface area contributed by atoms with Gasteiger partial charge in [-0.05, 0) is 44.4 Å². The third-order valence-corrected chi connectivity index (χ3v) is 5.62. The van der Waals surface area contributed by atoms with Crippen molar-refractivity contribution >= 4 is 21.8 Å². The van der Waals surface area contributed by atoms with Gasteiger partial charge in [0.15, 0.2) is 0 Å². The lowest BCUT2D eigenvalue weighted by Gasteiger charge is -2.15. The molecule has 0 bridgehead atoms. The van der Waals surface area contributed by atoms with Crippen molar-refractivity contribution in [3.8, 4) is 11.1 Å². The van der Waals surface area contributed by atoms with Crippen LogP contribution in [0.5, 0.6) is 0 Å². The Hall–Kier alpha value is -2.19. The highest BCUT2D eigenvalue weighted by atomic mass is 32.2. The molecule has 25 heavy (non-hydrogen) atoms. The molecule has 2 aromatic rings. The summed E-state index contributed by atoms with van der Waals surface area (Å²) in [6, 6.07) is 4.91. The molecule has 0 unspecified atom stereocenters. The van der Waals surface area contributed by atoms with Crippen molar-refractivity contribution in [2.24, 2.45) is 0 Å². The van der Waals surface area contributed by atoms with Crippen molar-refractivity contribution in [1.29, 1.82) is 0 Å². The van der Waals surface area contributed by atoms with Crippen LogP contribution in [-0.2, 0) is 14.8 Å². The quantitative estimate of drug-likeness (QED) is 0.819. The van der Waals surface area contributed by atoms with E-state index in [1.54, 1.807) is 32.0 Å². The van der Waals surface area contributed by atoms with Gasteiger partial charge in [-0.1, -0.05) is 24.2 Å². The zero-order valence-electron chi connectivity index (χ0n) is 15.0. The van der Waals surface area contributed by atoms with Crippen LogP contribution in [-0.4, -0.2) is 25.5 Å². The number of nitrogens with one attached hydrogen (secondary N) is 2. The van der Waals surface area contributed by atoms with Crippen LogP contribution < -0.4 is 10.0 Å². The maximum Gasteiger partial charge on any atom is 0.241 e. The van der Waals surface area contributed by atoms with Gasteiger partial charge in [-0.3, -0.25) is 10.1 Å². The van der Waals surface area contributed by atoms with Crippen molar-refractivity contribution in [3.63, 3.8) is 0 Å². The first kappa shape index (κ1) is 19.1. The SMILES string of the molecule is CC[C@@H](C)NS(=O)(=O)c1cc(-c2c(C)noc2NC(C)=O)ccc1C. The lowest BCUT2D eigenvalue weighted by molar-refractivity contribution is -0.114. The van der Waals surface area contributed by atoms with Gasteiger partial charge in [0, 0.05) is 13.0 Å². The van der Waals surface area contributed by atoms with Gasteiger partial charge >= 0.3 is 0 Å². The van der Waals surface area contributed by atoms with Crippen LogP contribution in [0, 0.1) is 13.8 Å². The number of carbonyl (C=O) groups is 1. The van der Waals surface area contributed by atoms with E-state index in [-0.39, 0.29) is 22.7 Å². The number of anilines is 1. The number of hydrogen-bond donors (Lipinski definition) is 2. The number of sulfonamides is 1. The summed E-state index contributed by atoms with van der Waals surface area (Å²) in [4.78, 5) is 11.5. The summed E-state index contributed by atoms with van der Waals surface area (Å²) in [5, 5.41) is 6.44. The highest BCUT2D eigenvalue weighted by Gasteiger charge is 2.22. The molecule has 0 aliphatic carbocycles. The minimum absolute atomic E-state index is 0.166. The molecule has 136 valence electrons. The van der Waals surface area contributed by atoms with Crippen molar-refractivity contribution in [3.05, 3.63) is 29.5 Å². The summed E-state index contributed by atoms with van der Waals surface area (Å²) in [6.45, 7) is 8.56. The van der Waals surface area contributed by atoms with Crippen LogP contribution in [0.25, 0.3) is 11.1 Å². The Bertz CT molecular complexity index is 887. The van der Waals surface area contributed by atoms with Gasteiger partial charge in [0.05, 0.1) is 16.2 Å². The second-order valence-corrected chi connectivity index (χ2v) is 7.75. The number of nitrogens with zero attached hydrogens (tertiary/aromatic N) is 1. The molecular weight excluding hydrogens is 342 g/mol. The summed E-state index contributed by atoms with van der Waals surface area (Å²) < 4.78 is 33.2. The molecule has 0 saturated carbocycles. The Kier molecular flexibility index (Phi) is 5.64. The molecule has 1 heterocycles. The van der Waals surface area contributed by atoms with Gasteiger partial charge < -0.3 is 4.52 Å². The van der Waals surface area contributed by atoms with E-state index in [2.05, 4.69) is 15.2 Å². The van der Waals surface area contributed by atoms with E-state index in [1.807, 2.05) is 13.8 Å². The van der Waals surface area contributed by atoms with Crippen molar-refractivity contribution in [2.75, 3.05) is 5.32 Å². The van der Waals surface area contributed by atoms with Crippen molar-refractivity contribution in [2.45, 2.75) is 52.0 Å². The number of aryl methyl sites for hydroxylation is 2. The molecule has 2 N–H and O–H groups in total. The van der Waals surface area contributed by atoms with Gasteiger partial charge in [-0.15, -0.1) is 0 Å². The molecule has 0 saturated heterocycles. The van der Waals surface area contributed by atoms with E-state index in [0.717, 1.165) is 0 Å².